The van der Waals surface area contributed by atoms with E-state index in [-0.39, 0.29) is 17.3 Å². The number of sulfonamides is 1. The Morgan fingerprint density at radius 1 is 1.11 bits per heavy atom. The summed E-state index contributed by atoms with van der Waals surface area (Å²) in [6, 6.07) is 11.2. The molecule has 0 aliphatic carbocycles. The molecule has 0 radical (unpaired) electrons. The van der Waals surface area contributed by atoms with Gasteiger partial charge in [-0.2, -0.15) is 9.10 Å². The Morgan fingerprint density at radius 3 is 2.61 bits per heavy atom. The van der Waals surface area contributed by atoms with E-state index in [9.17, 15) is 17.6 Å². The number of unbranched alkanes of at least 4 members (excludes halogenated alkanes) is 1. The van der Waals surface area contributed by atoms with Gasteiger partial charge in [-0.15, -0.1) is 0 Å². The highest BCUT2D eigenvalue weighted by Crippen LogP contribution is 2.15. The number of amides is 1. The number of halogens is 1. The summed E-state index contributed by atoms with van der Waals surface area (Å²) in [6.45, 7) is 2.63. The summed E-state index contributed by atoms with van der Waals surface area (Å²) in [5, 5.41) is 6.00. The number of aromatic nitrogens is 3. The summed E-state index contributed by atoms with van der Waals surface area (Å²) in [6.07, 6.45) is 5.12. The van der Waals surface area contributed by atoms with Crippen molar-refractivity contribution in [1.29, 1.82) is 0 Å². The fraction of sp³-hybridized carbons (Fsp3) is 0.292. The van der Waals surface area contributed by atoms with Crippen molar-refractivity contribution in [1.82, 2.24) is 23.8 Å². The molecular weight excluding hydrogens is 503 g/mol. The van der Waals surface area contributed by atoms with Gasteiger partial charge in [0.25, 0.3) is 0 Å². The first-order chi connectivity index (χ1) is 17.3. The molecule has 4 aromatic rings. The van der Waals surface area contributed by atoms with Crippen molar-refractivity contribution in [2.24, 2.45) is 0 Å². The average Bonchev–Trinajstić information content (AvgIpc) is 3.47. The Labute approximate surface area is 213 Å². The van der Waals surface area contributed by atoms with E-state index in [0.29, 0.717) is 37.3 Å². The van der Waals surface area contributed by atoms with Crippen LogP contribution in [0.25, 0.3) is 4.96 Å². The van der Waals surface area contributed by atoms with Gasteiger partial charge in [-0.05, 0) is 56.0 Å². The van der Waals surface area contributed by atoms with E-state index >= 15 is 0 Å². The molecule has 3 N–H and O–H groups in total. The van der Waals surface area contributed by atoms with Crippen LogP contribution in [0.3, 0.4) is 0 Å². The Morgan fingerprint density at radius 2 is 1.86 bits per heavy atom. The Bertz CT molecular complexity index is 1400. The summed E-state index contributed by atoms with van der Waals surface area (Å²) in [5.74, 6) is -0.113. The lowest BCUT2D eigenvalue weighted by Crippen LogP contribution is -2.46. The van der Waals surface area contributed by atoms with Crippen molar-refractivity contribution in [2.45, 2.75) is 43.7 Å². The molecule has 0 unspecified atom stereocenters. The molecule has 0 aliphatic heterocycles. The fourth-order valence-corrected chi connectivity index (χ4v) is 5.46. The highest BCUT2D eigenvalue weighted by Gasteiger charge is 2.25. The summed E-state index contributed by atoms with van der Waals surface area (Å²) in [5.41, 5.74) is 1.64. The van der Waals surface area contributed by atoms with E-state index in [4.69, 9.17) is 0 Å². The highest BCUT2D eigenvalue weighted by molar-refractivity contribution is 7.89. The predicted molar refractivity (Wildman–Crippen MR) is 137 cm³/mol. The zero-order chi connectivity index (χ0) is 25.5. The van der Waals surface area contributed by atoms with Gasteiger partial charge >= 0.3 is 0 Å². The van der Waals surface area contributed by atoms with E-state index in [1.807, 2.05) is 17.5 Å². The third-order valence-corrected chi connectivity index (χ3v) is 7.79. The largest absolute Gasteiger partial charge is 0.355 e. The van der Waals surface area contributed by atoms with E-state index in [2.05, 4.69) is 24.7 Å². The number of anilines is 1. The number of benzene rings is 2. The van der Waals surface area contributed by atoms with Crippen molar-refractivity contribution in [3.63, 3.8) is 0 Å². The molecule has 2 heterocycles. The highest BCUT2D eigenvalue weighted by atomic mass is 32.2. The summed E-state index contributed by atoms with van der Waals surface area (Å²) in [4.78, 5) is 18.0. The predicted octanol–water partition coefficient (Wildman–Crippen LogP) is 3.48. The summed E-state index contributed by atoms with van der Waals surface area (Å²) < 4.78 is 47.8. The minimum Gasteiger partial charge on any atom is -0.355 e. The van der Waals surface area contributed by atoms with Crippen LogP contribution in [0.2, 0.25) is 0 Å². The fourth-order valence-electron chi connectivity index (χ4n) is 3.57. The van der Waals surface area contributed by atoms with Crippen LogP contribution in [-0.2, 0) is 21.4 Å². The Hall–Kier alpha value is -3.35. The number of nitrogens with one attached hydrogen (secondary N) is 3. The minimum absolute atomic E-state index is 0.0963. The molecule has 0 bridgehead atoms. The van der Waals surface area contributed by atoms with Gasteiger partial charge in [-0.1, -0.05) is 29.8 Å². The minimum atomic E-state index is -3.90. The zero-order valence-corrected chi connectivity index (χ0v) is 21.3. The molecule has 0 fully saturated rings. The van der Waals surface area contributed by atoms with E-state index in [0.717, 1.165) is 10.5 Å². The van der Waals surface area contributed by atoms with Gasteiger partial charge < -0.3 is 10.6 Å². The number of hydrogen-bond acceptors (Lipinski definition) is 7. The van der Waals surface area contributed by atoms with Gasteiger partial charge in [0.15, 0.2) is 0 Å². The Balaban J connectivity index is 1.36. The Kier molecular flexibility index (Phi) is 8.28. The van der Waals surface area contributed by atoms with Crippen LogP contribution in [0.4, 0.5) is 10.3 Å². The third-order valence-electron chi connectivity index (χ3n) is 5.58. The SMILES string of the molecule is Cc1ccc(S(=O)(=O)N[C@@H](CCCCNc2nsc3nccn23)C(=O)NCc2ccc(F)cc2)cc1. The molecule has 0 saturated heterocycles. The normalized spacial score (nSPS) is 12.5. The number of carbonyl (C=O) groups excluding carboxylic acids is 1. The van der Waals surface area contributed by atoms with Gasteiger partial charge in [-0.3, -0.25) is 9.20 Å². The first kappa shape index (κ1) is 25.7. The van der Waals surface area contributed by atoms with Gasteiger partial charge in [0.1, 0.15) is 11.9 Å². The smallest absolute Gasteiger partial charge is 0.241 e. The van der Waals surface area contributed by atoms with E-state index in [1.54, 1.807) is 30.5 Å². The average molecular weight is 531 g/mol. The second kappa shape index (κ2) is 11.6. The van der Waals surface area contributed by atoms with Crippen molar-refractivity contribution in [2.75, 3.05) is 11.9 Å². The number of nitrogens with zero attached hydrogens (tertiary/aromatic N) is 3. The van der Waals surface area contributed by atoms with Crippen LogP contribution >= 0.6 is 11.5 Å². The molecule has 12 heteroatoms. The molecule has 9 nitrogen and oxygen atoms in total. The molecule has 2 aromatic heterocycles. The first-order valence-electron chi connectivity index (χ1n) is 11.5. The molecule has 190 valence electrons. The zero-order valence-electron chi connectivity index (χ0n) is 19.6. The van der Waals surface area contributed by atoms with Crippen molar-refractivity contribution in [3.05, 3.63) is 77.9 Å². The number of aryl methyl sites for hydroxylation is 1. The van der Waals surface area contributed by atoms with Crippen LogP contribution in [-0.4, -0.2) is 40.7 Å². The second-order valence-electron chi connectivity index (χ2n) is 8.34. The molecule has 4 rings (SSSR count). The number of rotatable bonds is 12. The molecule has 1 atom stereocenters. The maximum absolute atomic E-state index is 13.2. The van der Waals surface area contributed by atoms with Crippen molar-refractivity contribution >= 4 is 38.4 Å². The molecule has 1 amide bonds. The topological polar surface area (TPSA) is 117 Å². The lowest BCUT2D eigenvalue weighted by Gasteiger charge is -2.19. The van der Waals surface area contributed by atoms with Crippen molar-refractivity contribution in [3.8, 4) is 0 Å². The number of carbonyl (C=O) groups is 1. The molecule has 36 heavy (non-hydrogen) atoms. The summed E-state index contributed by atoms with van der Waals surface area (Å²) in [7, 11) is -3.90. The third kappa shape index (κ3) is 6.65. The van der Waals surface area contributed by atoms with Gasteiger partial charge in [0.05, 0.1) is 4.90 Å². The maximum atomic E-state index is 13.2. The van der Waals surface area contributed by atoms with E-state index < -0.39 is 22.0 Å². The van der Waals surface area contributed by atoms with Crippen molar-refractivity contribution < 1.29 is 17.6 Å². The molecular formula is C24H27FN6O3S2. The molecule has 0 aliphatic rings. The first-order valence-corrected chi connectivity index (χ1v) is 13.7. The lowest BCUT2D eigenvalue weighted by atomic mass is 10.1. The molecule has 0 spiro atoms. The quantitative estimate of drug-likeness (QED) is 0.242. The van der Waals surface area contributed by atoms with Gasteiger partial charge in [0.2, 0.25) is 26.8 Å². The summed E-state index contributed by atoms with van der Waals surface area (Å²) >= 11 is 1.29. The molecule has 0 saturated carbocycles. The number of imidazole rings is 1. The van der Waals surface area contributed by atoms with Gasteiger partial charge in [-0.25, -0.2) is 17.8 Å². The van der Waals surface area contributed by atoms with E-state index in [1.165, 1.54) is 35.8 Å². The lowest BCUT2D eigenvalue weighted by molar-refractivity contribution is -0.123. The van der Waals surface area contributed by atoms with Crippen LogP contribution in [0, 0.1) is 12.7 Å². The van der Waals surface area contributed by atoms with Crippen LogP contribution in [0.5, 0.6) is 0 Å². The second-order valence-corrected chi connectivity index (χ2v) is 10.8. The number of fused-ring (bicyclic) bond motifs is 1. The molecule has 2 aromatic carbocycles. The monoisotopic (exact) mass is 530 g/mol. The van der Waals surface area contributed by atoms with Gasteiger partial charge in [0, 0.05) is 37.0 Å². The van der Waals surface area contributed by atoms with Crippen LogP contribution < -0.4 is 15.4 Å². The number of hydrogen-bond donors (Lipinski definition) is 3. The van der Waals surface area contributed by atoms with Crippen LogP contribution in [0.1, 0.15) is 30.4 Å². The van der Waals surface area contributed by atoms with Crippen LogP contribution in [0.15, 0.2) is 65.8 Å². The maximum Gasteiger partial charge on any atom is 0.241 e. The standard InChI is InChI=1S/C24H27FN6O3S2/c1-17-5-11-20(12-6-17)36(33,34)30-21(22(32)28-16-18-7-9-19(25)10-8-18)4-2-3-13-26-23-29-35-24-27-14-15-31(23)24/h5-12,14-15,21,30H,2-4,13,16H2,1H3,(H,26,29)(H,28,32)/t21-/m0/s1.